The van der Waals surface area contributed by atoms with Gasteiger partial charge in [-0.05, 0) is 29.8 Å². The molecule has 0 atom stereocenters. The Bertz CT molecular complexity index is 1050. The number of carboxylic acid groups (broad SMARTS) is 1. The maximum absolute atomic E-state index is 12.9. The average molecular weight is 342 g/mol. The molecule has 3 aromatic carbocycles. The third kappa shape index (κ3) is 1.78. The van der Waals surface area contributed by atoms with Crippen LogP contribution in [0.5, 0.6) is 11.5 Å². The number of carboxylic acids is 1. The molecule has 0 saturated heterocycles. The van der Waals surface area contributed by atoms with Crippen molar-refractivity contribution >= 4 is 11.8 Å². The fourth-order valence-electron chi connectivity index (χ4n) is 4.27. The van der Waals surface area contributed by atoms with Gasteiger partial charge in [0.05, 0.1) is 11.0 Å². The summed E-state index contributed by atoms with van der Waals surface area (Å²) >= 11 is 0. The SMILES string of the molecule is O=C(O)c1ccc2c(c1)C1(CC2=O)c2ccccc2Oc2ccccc21. The van der Waals surface area contributed by atoms with Crippen LogP contribution in [0.4, 0.5) is 0 Å². The summed E-state index contributed by atoms with van der Waals surface area (Å²) in [5, 5.41) is 9.45. The summed E-state index contributed by atoms with van der Waals surface area (Å²) in [6, 6.07) is 20.1. The summed E-state index contributed by atoms with van der Waals surface area (Å²) in [6.45, 7) is 0. The number of carbonyl (C=O) groups is 2. The Labute approximate surface area is 149 Å². The number of hydrogen-bond acceptors (Lipinski definition) is 3. The Balaban J connectivity index is 1.91. The minimum atomic E-state index is -1.00. The number of carbonyl (C=O) groups excluding carboxylic acids is 1. The van der Waals surface area contributed by atoms with Crippen LogP contribution in [0.1, 0.15) is 43.8 Å². The maximum atomic E-state index is 12.9. The van der Waals surface area contributed by atoms with Gasteiger partial charge in [-0.3, -0.25) is 4.79 Å². The number of Topliss-reactive ketones (excluding diaryl/α,β-unsaturated/α-hetero) is 1. The second kappa shape index (κ2) is 5.05. The van der Waals surface area contributed by atoms with Crippen LogP contribution in [0.2, 0.25) is 0 Å². The van der Waals surface area contributed by atoms with Crippen LogP contribution in [-0.4, -0.2) is 16.9 Å². The Kier molecular flexibility index (Phi) is 2.89. The van der Waals surface area contributed by atoms with E-state index in [1.165, 1.54) is 6.07 Å². The van der Waals surface area contributed by atoms with Crippen molar-refractivity contribution in [1.29, 1.82) is 0 Å². The first-order chi connectivity index (χ1) is 12.6. The van der Waals surface area contributed by atoms with E-state index in [1.54, 1.807) is 12.1 Å². The highest BCUT2D eigenvalue weighted by Gasteiger charge is 2.51. The smallest absolute Gasteiger partial charge is 0.335 e. The highest BCUT2D eigenvalue weighted by molar-refractivity contribution is 6.05. The minimum Gasteiger partial charge on any atom is -0.478 e. The molecule has 1 aliphatic carbocycles. The molecule has 0 saturated carbocycles. The van der Waals surface area contributed by atoms with Crippen molar-refractivity contribution < 1.29 is 19.4 Å². The van der Waals surface area contributed by atoms with E-state index in [4.69, 9.17) is 4.74 Å². The molecule has 26 heavy (non-hydrogen) atoms. The molecule has 1 aliphatic heterocycles. The second-order valence-corrected chi connectivity index (χ2v) is 6.67. The molecular weight excluding hydrogens is 328 g/mol. The summed E-state index contributed by atoms with van der Waals surface area (Å²) in [5.74, 6) is 0.416. The van der Waals surface area contributed by atoms with E-state index in [0.29, 0.717) is 17.1 Å². The quantitative estimate of drug-likeness (QED) is 0.711. The van der Waals surface area contributed by atoms with Gasteiger partial charge in [-0.1, -0.05) is 42.5 Å². The molecular formula is C22H14O4. The molecule has 5 rings (SSSR count). The van der Waals surface area contributed by atoms with Crippen molar-refractivity contribution in [3.8, 4) is 11.5 Å². The Hall–Kier alpha value is -3.40. The lowest BCUT2D eigenvalue weighted by Crippen LogP contribution is -2.31. The Morgan fingerprint density at radius 2 is 1.50 bits per heavy atom. The minimum absolute atomic E-state index is 0.0171. The van der Waals surface area contributed by atoms with E-state index in [0.717, 1.165) is 16.7 Å². The molecule has 0 radical (unpaired) electrons. The zero-order chi connectivity index (χ0) is 17.9. The molecule has 4 heteroatoms. The van der Waals surface area contributed by atoms with Crippen LogP contribution in [0.25, 0.3) is 0 Å². The highest BCUT2D eigenvalue weighted by atomic mass is 16.5. The summed E-state index contributed by atoms with van der Waals surface area (Å²) < 4.78 is 6.06. The van der Waals surface area contributed by atoms with Gasteiger partial charge >= 0.3 is 5.97 Å². The Morgan fingerprint density at radius 3 is 2.12 bits per heavy atom. The summed E-state index contributed by atoms with van der Waals surface area (Å²) in [5.41, 5.74) is 2.58. The molecule has 1 N–H and O–H groups in total. The lowest BCUT2D eigenvalue weighted by molar-refractivity contribution is 0.0696. The average Bonchev–Trinajstić information content (AvgIpc) is 2.95. The Morgan fingerprint density at radius 1 is 0.885 bits per heavy atom. The number of aromatic carboxylic acids is 1. The van der Waals surface area contributed by atoms with E-state index < -0.39 is 11.4 Å². The van der Waals surface area contributed by atoms with Gasteiger partial charge in [0.15, 0.2) is 5.78 Å². The standard InChI is InChI=1S/C22H14O4/c23-18-12-22(17-11-13(21(24)25)9-10-14(17)18)15-5-1-3-7-19(15)26-20-8-4-2-6-16(20)22/h1-11H,12H2,(H,24,25). The third-order valence-electron chi connectivity index (χ3n) is 5.37. The van der Waals surface area contributed by atoms with E-state index in [2.05, 4.69) is 0 Å². The van der Waals surface area contributed by atoms with E-state index >= 15 is 0 Å². The number of hydrogen-bond donors (Lipinski definition) is 1. The van der Waals surface area contributed by atoms with Crippen molar-refractivity contribution in [3.63, 3.8) is 0 Å². The number of rotatable bonds is 1. The number of fused-ring (bicyclic) bond motifs is 6. The zero-order valence-electron chi connectivity index (χ0n) is 13.7. The summed E-state index contributed by atoms with van der Waals surface area (Å²) in [4.78, 5) is 24.4. The van der Waals surface area contributed by atoms with Gasteiger partial charge < -0.3 is 9.84 Å². The first-order valence-electron chi connectivity index (χ1n) is 8.39. The van der Waals surface area contributed by atoms with Crippen molar-refractivity contribution in [2.24, 2.45) is 0 Å². The first kappa shape index (κ1) is 14.9. The van der Waals surface area contributed by atoms with Gasteiger partial charge in [0.2, 0.25) is 0 Å². The molecule has 126 valence electrons. The topological polar surface area (TPSA) is 63.6 Å². The second-order valence-electron chi connectivity index (χ2n) is 6.67. The van der Waals surface area contributed by atoms with Crippen LogP contribution in [0.3, 0.4) is 0 Å². The summed E-state index contributed by atoms with van der Waals surface area (Å²) in [6.07, 6.45) is 0.267. The molecule has 0 aromatic heterocycles. The normalized spacial score (nSPS) is 15.8. The predicted molar refractivity (Wildman–Crippen MR) is 95.2 cm³/mol. The third-order valence-corrected chi connectivity index (χ3v) is 5.37. The predicted octanol–water partition coefficient (Wildman–Crippen LogP) is 4.41. The van der Waals surface area contributed by atoms with Crippen LogP contribution in [-0.2, 0) is 5.41 Å². The first-order valence-corrected chi connectivity index (χ1v) is 8.39. The molecule has 0 fully saturated rings. The molecule has 2 aliphatic rings. The maximum Gasteiger partial charge on any atom is 0.335 e. The van der Waals surface area contributed by atoms with E-state index in [9.17, 15) is 14.7 Å². The van der Waals surface area contributed by atoms with Crippen LogP contribution in [0, 0.1) is 0 Å². The molecule has 4 nitrogen and oxygen atoms in total. The number of benzene rings is 3. The van der Waals surface area contributed by atoms with E-state index in [1.807, 2.05) is 48.5 Å². The lowest BCUT2D eigenvalue weighted by Gasteiger charge is -2.37. The van der Waals surface area contributed by atoms with Crippen LogP contribution < -0.4 is 4.74 Å². The van der Waals surface area contributed by atoms with Gasteiger partial charge in [0.1, 0.15) is 11.5 Å². The van der Waals surface area contributed by atoms with Gasteiger partial charge in [-0.2, -0.15) is 0 Å². The van der Waals surface area contributed by atoms with Gasteiger partial charge in [0, 0.05) is 23.1 Å². The van der Waals surface area contributed by atoms with Gasteiger partial charge in [-0.15, -0.1) is 0 Å². The molecule has 3 aromatic rings. The van der Waals surface area contributed by atoms with Crippen molar-refractivity contribution in [2.45, 2.75) is 11.8 Å². The fourth-order valence-corrected chi connectivity index (χ4v) is 4.27. The van der Waals surface area contributed by atoms with Crippen LogP contribution >= 0.6 is 0 Å². The van der Waals surface area contributed by atoms with Gasteiger partial charge in [-0.25, -0.2) is 4.79 Å². The molecule has 1 spiro atoms. The monoisotopic (exact) mass is 342 g/mol. The molecule has 0 amide bonds. The molecule has 0 bridgehead atoms. The zero-order valence-corrected chi connectivity index (χ0v) is 13.7. The number of para-hydroxylation sites is 2. The largest absolute Gasteiger partial charge is 0.478 e. The van der Waals surface area contributed by atoms with Crippen molar-refractivity contribution in [2.75, 3.05) is 0 Å². The van der Waals surface area contributed by atoms with Crippen molar-refractivity contribution in [1.82, 2.24) is 0 Å². The molecule has 0 unspecified atom stereocenters. The molecule has 1 heterocycles. The summed E-state index contributed by atoms with van der Waals surface area (Å²) in [7, 11) is 0. The van der Waals surface area contributed by atoms with Crippen LogP contribution in [0.15, 0.2) is 66.7 Å². The highest BCUT2D eigenvalue weighted by Crippen LogP contribution is 2.57. The van der Waals surface area contributed by atoms with Gasteiger partial charge in [0.25, 0.3) is 0 Å². The number of ketones is 1. The van der Waals surface area contributed by atoms with Crippen molar-refractivity contribution in [3.05, 3.63) is 94.5 Å². The lowest BCUT2D eigenvalue weighted by atomic mass is 9.68. The fraction of sp³-hybridized carbons (Fsp3) is 0.0909. The number of ether oxygens (including phenoxy) is 1. The van der Waals surface area contributed by atoms with E-state index in [-0.39, 0.29) is 17.8 Å².